The zero-order valence-electron chi connectivity index (χ0n) is 11.8. The third-order valence-electron chi connectivity index (χ3n) is 3.46. The number of halogens is 1. The van der Waals surface area contributed by atoms with Crippen molar-refractivity contribution >= 4 is 56.5 Å². The highest BCUT2D eigenvalue weighted by atomic mass is 35.5. The molecule has 0 radical (unpaired) electrons. The minimum Gasteiger partial charge on any atom is -0.397 e. The van der Waals surface area contributed by atoms with Gasteiger partial charge in [0.05, 0.1) is 26.4 Å². The van der Waals surface area contributed by atoms with Crippen LogP contribution in [0.25, 0.3) is 10.2 Å². The molecule has 1 amide bonds. The van der Waals surface area contributed by atoms with E-state index in [4.69, 9.17) is 17.3 Å². The highest BCUT2D eigenvalue weighted by Gasteiger charge is 2.23. The lowest BCUT2D eigenvalue weighted by molar-refractivity contribution is -0.118. The van der Waals surface area contributed by atoms with Gasteiger partial charge in [-0.3, -0.25) is 4.79 Å². The van der Waals surface area contributed by atoms with Crippen LogP contribution in [0.15, 0.2) is 4.21 Å². The van der Waals surface area contributed by atoms with Crippen LogP contribution in [0.4, 0.5) is 5.69 Å². The normalized spacial score (nSPS) is 14.6. The number of nitrogens with two attached hydrogens (primary N) is 1. The Kier molecular flexibility index (Phi) is 4.03. The van der Waals surface area contributed by atoms with Crippen LogP contribution in [-0.4, -0.2) is 22.7 Å². The number of amides is 1. The molecule has 2 aromatic rings. The van der Waals surface area contributed by atoms with Gasteiger partial charge in [-0.05, 0) is 32.3 Å². The van der Waals surface area contributed by atoms with Crippen LogP contribution in [0.5, 0.6) is 0 Å². The maximum absolute atomic E-state index is 11.8. The standard InChI is InChI=1S/C14H16ClN3OS2/c1-6-10-12(16)14(20-5-9(19)18-8-3-4-8)21-13(10)17-7(2)11(6)15/h8H,3-5,16H2,1-2H3,(H,18,19). The summed E-state index contributed by atoms with van der Waals surface area (Å²) in [6.45, 7) is 3.84. The summed E-state index contributed by atoms with van der Waals surface area (Å²) in [5, 5.41) is 4.55. The molecule has 0 atom stereocenters. The summed E-state index contributed by atoms with van der Waals surface area (Å²) < 4.78 is 0.938. The van der Waals surface area contributed by atoms with Crippen LogP contribution in [0.2, 0.25) is 5.02 Å². The number of anilines is 1. The molecule has 21 heavy (non-hydrogen) atoms. The molecule has 0 bridgehead atoms. The SMILES string of the molecule is Cc1nc2sc(SCC(=O)NC3CC3)c(N)c2c(C)c1Cl. The number of carbonyl (C=O) groups excluding carboxylic acids is 1. The van der Waals surface area contributed by atoms with Crippen molar-refractivity contribution in [2.24, 2.45) is 0 Å². The van der Waals surface area contributed by atoms with E-state index in [1.807, 2.05) is 13.8 Å². The van der Waals surface area contributed by atoms with E-state index in [2.05, 4.69) is 10.3 Å². The molecule has 1 fully saturated rings. The zero-order chi connectivity index (χ0) is 15.1. The highest BCUT2D eigenvalue weighted by molar-refractivity contribution is 8.02. The second-order valence-electron chi connectivity index (χ2n) is 5.25. The van der Waals surface area contributed by atoms with Crippen molar-refractivity contribution in [2.75, 3.05) is 11.5 Å². The lowest BCUT2D eigenvalue weighted by Crippen LogP contribution is -2.26. The molecule has 0 aliphatic heterocycles. The van der Waals surface area contributed by atoms with Crippen molar-refractivity contribution < 1.29 is 4.79 Å². The van der Waals surface area contributed by atoms with E-state index < -0.39 is 0 Å². The van der Waals surface area contributed by atoms with Gasteiger partial charge in [0.2, 0.25) is 5.91 Å². The van der Waals surface area contributed by atoms with Crippen LogP contribution < -0.4 is 11.1 Å². The molecule has 2 aromatic heterocycles. The van der Waals surface area contributed by atoms with Crippen LogP contribution in [0.1, 0.15) is 24.1 Å². The Hall–Kier alpha value is -0.980. The summed E-state index contributed by atoms with van der Waals surface area (Å²) in [7, 11) is 0. The molecule has 0 spiro atoms. The molecule has 0 saturated heterocycles. The number of aryl methyl sites for hydroxylation is 2. The summed E-state index contributed by atoms with van der Waals surface area (Å²) in [6.07, 6.45) is 2.20. The first-order valence-corrected chi connectivity index (χ1v) is 8.92. The van der Waals surface area contributed by atoms with E-state index in [1.54, 1.807) is 0 Å². The summed E-state index contributed by atoms with van der Waals surface area (Å²) in [5.41, 5.74) is 8.68. The molecule has 1 aliphatic carbocycles. The van der Waals surface area contributed by atoms with Gasteiger partial charge in [0, 0.05) is 11.4 Å². The highest BCUT2D eigenvalue weighted by Crippen LogP contribution is 2.42. The van der Waals surface area contributed by atoms with Gasteiger partial charge < -0.3 is 11.1 Å². The number of rotatable bonds is 4. The topological polar surface area (TPSA) is 68.0 Å². The van der Waals surface area contributed by atoms with Crippen molar-refractivity contribution in [1.82, 2.24) is 10.3 Å². The Balaban J connectivity index is 1.84. The van der Waals surface area contributed by atoms with Gasteiger partial charge in [-0.1, -0.05) is 11.6 Å². The molecule has 1 saturated carbocycles. The first-order chi connectivity index (χ1) is 9.97. The fraction of sp³-hybridized carbons (Fsp3) is 0.429. The number of thioether (sulfide) groups is 1. The Labute approximate surface area is 136 Å². The number of hydrogen-bond donors (Lipinski definition) is 2. The zero-order valence-corrected chi connectivity index (χ0v) is 14.2. The van der Waals surface area contributed by atoms with Crippen molar-refractivity contribution in [3.8, 4) is 0 Å². The lowest BCUT2D eigenvalue weighted by Gasteiger charge is -2.04. The monoisotopic (exact) mass is 341 g/mol. The van der Waals surface area contributed by atoms with Gasteiger partial charge in [0.1, 0.15) is 4.83 Å². The lowest BCUT2D eigenvalue weighted by atomic mass is 10.1. The minimum absolute atomic E-state index is 0.0678. The number of fused-ring (bicyclic) bond motifs is 1. The smallest absolute Gasteiger partial charge is 0.230 e. The molecule has 0 aromatic carbocycles. The summed E-state index contributed by atoms with van der Waals surface area (Å²) in [6, 6.07) is 0.392. The molecule has 7 heteroatoms. The van der Waals surface area contributed by atoms with Crippen molar-refractivity contribution in [2.45, 2.75) is 36.9 Å². The summed E-state index contributed by atoms with van der Waals surface area (Å²) >= 11 is 9.24. The molecule has 3 N–H and O–H groups in total. The van der Waals surface area contributed by atoms with Gasteiger partial charge in [-0.25, -0.2) is 4.98 Å². The minimum atomic E-state index is 0.0678. The average Bonchev–Trinajstić information content (AvgIpc) is 3.18. The second kappa shape index (κ2) is 5.66. The number of nitrogens with zero attached hydrogens (tertiary/aromatic N) is 1. The molecular formula is C14H16ClN3OS2. The van der Waals surface area contributed by atoms with Crippen LogP contribution in [-0.2, 0) is 4.79 Å². The third-order valence-corrected chi connectivity index (χ3v) is 6.40. The molecule has 0 unspecified atom stereocenters. The van der Waals surface area contributed by atoms with E-state index in [0.717, 1.165) is 38.5 Å². The number of aromatic nitrogens is 1. The number of pyridine rings is 1. The van der Waals surface area contributed by atoms with Crippen molar-refractivity contribution in [1.29, 1.82) is 0 Å². The summed E-state index contributed by atoms with van der Waals surface area (Å²) in [4.78, 5) is 17.1. The van der Waals surface area contributed by atoms with Gasteiger partial charge in [-0.2, -0.15) is 0 Å². The molecule has 112 valence electrons. The largest absolute Gasteiger partial charge is 0.397 e. The predicted octanol–water partition coefficient (Wildman–Crippen LogP) is 3.52. The third kappa shape index (κ3) is 2.98. The van der Waals surface area contributed by atoms with Crippen molar-refractivity contribution in [3.63, 3.8) is 0 Å². The quantitative estimate of drug-likeness (QED) is 0.835. The molecular weight excluding hydrogens is 326 g/mol. The van der Waals surface area contributed by atoms with Gasteiger partial charge in [-0.15, -0.1) is 23.1 Å². The number of hydrogen-bond acceptors (Lipinski definition) is 5. The number of nitrogens with one attached hydrogen (secondary N) is 1. The molecule has 1 aliphatic rings. The summed E-state index contributed by atoms with van der Waals surface area (Å²) in [5.74, 6) is 0.456. The van der Waals surface area contributed by atoms with Gasteiger partial charge >= 0.3 is 0 Å². The van der Waals surface area contributed by atoms with E-state index in [-0.39, 0.29) is 5.91 Å². The van der Waals surface area contributed by atoms with E-state index in [0.29, 0.717) is 22.5 Å². The maximum atomic E-state index is 11.8. The average molecular weight is 342 g/mol. The Morgan fingerprint density at radius 2 is 2.24 bits per heavy atom. The van der Waals surface area contributed by atoms with Gasteiger partial charge in [0.25, 0.3) is 0 Å². The van der Waals surface area contributed by atoms with Crippen LogP contribution >= 0.6 is 34.7 Å². The maximum Gasteiger partial charge on any atom is 0.230 e. The number of carbonyl (C=O) groups is 1. The second-order valence-corrected chi connectivity index (χ2v) is 7.87. The Morgan fingerprint density at radius 3 is 2.90 bits per heavy atom. The number of nitrogen functional groups attached to an aromatic ring is 1. The van der Waals surface area contributed by atoms with Crippen LogP contribution in [0, 0.1) is 13.8 Å². The predicted molar refractivity (Wildman–Crippen MR) is 90.4 cm³/mol. The Bertz CT molecular complexity index is 725. The first kappa shape index (κ1) is 14.9. The number of thiophene rings is 1. The molecule has 2 heterocycles. The Morgan fingerprint density at radius 1 is 1.52 bits per heavy atom. The van der Waals surface area contributed by atoms with Crippen molar-refractivity contribution in [3.05, 3.63) is 16.3 Å². The fourth-order valence-electron chi connectivity index (χ4n) is 2.17. The van der Waals surface area contributed by atoms with E-state index in [9.17, 15) is 4.79 Å². The molecule has 3 rings (SSSR count). The van der Waals surface area contributed by atoms with Gasteiger partial charge in [0.15, 0.2) is 0 Å². The first-order valence-electron chi connectivity index (χ1n) is 6.74. The fourth-order valence-corrected chi connectivity index (χ4v) is 4.49. The van der Waals surface area contributed by atoms with E-state index in [1.165, 1.54) is 23.1 Å². The van der Waals surface area contributed by atoms with E-state index >= 15 is 0 Å². The molecule has 4 nitrogen and oxygen atoms in total. The van der Waals surface area contributed by atoms with Crippen LogP contribution in [0.3, 0.4) is 0 Å².